The molecule has 1 fully saturated rings. The molecule has 0 aromatic heterocycles. The summed E-state index contributed by atoms with van der Waals surface area (Å²) < 4.78 is 10.4. The number of nitrogens with two attached hydrogens (primary N) is 1. The molecule has 1 rings (SSSR count). The van der Waals surface area contributed by atoms with E-state index in [2.05, 4.69) is 0 Å². The molecule has 0 saturated carbocycles. The highest BCUT2D eigenvalue weighted by Gasteiger charge is 2.45. The minimum atomic E-state index is -1.76. The SMILES string of the molecule is C[C@H]1O[C@@H](O[C@@H]([C@H](O)[C@@H](C=O)CC(N)=O)[C@H](O)CO)[C@H](O)[C@@H](O)[C@H]1O. The van der Waals surface area contributed by atoms with Gasteiger partial charge in [0.05, 0.1) is 24.7 Å². The van der Waals surface area contributed by atoms with Crippen LogP contribution in [0.2, 0.25) is 0 Å². The molecule has 1 heterocycles. The number of aliphatic hydroxyl groups is 6. The molecule has 11 heteroatoms. The molecule has 0 unspecified atom stereocenters. The Bertz CT molecular complexity index is 449. The van der Waals surface area contributed by atoms with Crippen LogP contribution < -0.4 is 5.73 Å². The van der Waals surface area contributed by atoms with E-state index in [4.69, 9.17) is 20.3 Å². The van der Waals surface area contributed by atoms with Crippen molar-refractivity contribution in [2.45, 2.75) is 62.4 Å². The fourth-order valence-electron chi connectivity index (χ4n) is 2.51. The fourth-order valence-corrected chi connectivity index (χ4v) is 2.51. The number of amides is 1. The maximum Gasteiger partial charge on any atom is 0.218 e. The molecule has 8 N–H and O–H groups in total. The van der Waals surface area contributed by atoms with Crippen molar-refractivity contribution in [1.29, 1.82) is 0 Å². The van der Waals surface area contributed by atoms with Gasteiger partial charge in [0.15, 0.2) is 6.29 Å². The molecule has 146 valence electrons. The Kier molecular flexibility index (Phi) is 8.31. The van der Waals surface area contributed by atoms with E-state index in [1.165, 1.54) is 6.92 Å². The molecule has 1 saturated heterocycles. The number of primary amides is 1. The Morgan fingerprint density at radius 2 is 1.84 bits per heavy atom. The lowest BCUT2D eigenvalue weighted by molar-refractivity contribution is -0.319. The van der Waals surface area contributed by atoms with E-state index >= 15 is 0 Å². The predicted octanol–water partition coefficient (Wildman–Crippen LogP) is -4.40. The first-order valence-electron chi connectivity index (χ1n) is 7.69. The third-order valence-electron chi connectivity index (χ3n) is 4.05. The Balaban J connectivity index is 2.95. The first-order chi connectivity index (χ1) is 11.6. The summed E-state index contributed by atoms with van der Waals surface area (Å²) in [6.07, 6.45) is -12.6. The highest BCUT2D eigenvalue weighted by atomic mass is 16.7. The first kappa shape index (κ1) is 21.9. The third-order valence-corrected chi connectivity index (χ3v) is 4.05. The summed E-state index contributed by atoms with van der Waals surface area (Å²) in [5, 5.41) is 58.5. The van der Waals surface area contributed by atoms with Gasteiger partial charge in [-0.2, -0.15) is 0 Å². The first-order valence-corrected chi connectivity index (χ1v) is 7.69. The van der Waals surface area contributed by atoms with E-state index in [9.17, 15) is 35.1 Å². The number of carbonyl (C=O) groups is 2. The summed E-state index contributed by atoms with van der Waals surface area (Å²) >= 11 is 0. The van der Waals surface area contributed by atoms with Crippen LogP contribution in [0.4, 0.5) is 0 Å². The van der Waals surface area contributed by atoms with Crippen molar-refractivity contribution in [2.75, 3.05) is 6.61 Å². The molecule has 0 aliphatic carbocycles. The van der Waals surface area contributed by atoms with Gasteiger partial charge in [-0.15, -0.1) is 0 Å². The van der Waals surface area contributed by atoms with Gasteiger partial charge in [0, 0.05) is 6.42 Å². The van der Waals surface area contributed by atoms with E-state index in [1.54, 1.807) is 0 Å². The van der Waals surface area contributed by atoms with Crippen molar-refractivity contribution in [3.05, 3.63) is 0 Å². The van der Waals surface area contributed by atoms with E-state index in [1.807, 2.05) is 0 Å². The predicted molar refractivity (Wildman–Crippen MR) is 79.7 cm³/mol. The van der Waals surface area contributed by atoms with Crippen LogP contribution in [0.1, 0.15) is 13.3 Å². The van der Waals surface area contributed by atoms with Crippen molar-refractivity contribution < 1.29 is 49.7 Å². The zero-order valence-corrected chi connectivity index (χ0v) is 13.6. The maximum absolute atomic E-state index is 11.1. The van der Waals surface area contributed by atoms with Crippen LogP contribution in [-0.2, 0) is 19.1 Å². The van der Waals surface area contributed by atoms with Crippen molar-refractivity contribution in [3.8, 4) is 0 Å². The molecule has 0 aromatic rings. The minimum Gasteiger partial charge on any atom is -0.394 e. The van der Waals surface area contributed by atoms with Crippen LogP contribution in [0, 0.1) is 5.92 Å². The van der Waals surface area contributed by atoms with Gasteiger partial charge in [0.1, 0.15) is 36.8 Å². The van der Waals surface area contributed by atoms with Gasteiger partial charge in [-0.3, -0.25) is 4.79 Å². The highest BCUT2D eigenvalue weighted by Crippen LogP contribution is 2.25. The summed E-state index contributed by atoms with van der Waals surface area (Å²) in [4.78, 5) is 22.1. The highest BCUT2D eigenvalue weighted by molar-refractivity contribution is 5.77. The summed E-state index contributed by atoms with van der Waals surface area (Å²) in [6, 6.07) is 0. The summed E-state index contributed by atoms with van der Waals surface area (Å²) in [6.45, 7) is 0.527. The number of carbonyl (C=O) groups excluding carboxylic acids is 2. The maximum atomic E-state index is 11.1. The zero-order chi connectivity index (χ0) is 19.3. The molecule has 1 aliphatic heterocycles. The quantitative estimate of drug-likeness (QED) is 0.195. The van der Waals surface area contributed by atoms with Gasteiger partial charge in [0.25, 0.3) is 0 Å². The molecule has 25 heavy (non-hydrogen) atoms. The monoisotopic (exact) mass is 367 g/mol. The van der Waals surface area contributed by atoms with Crippen LogP contribution in [-0.4, -0.2) is 98.5 Å². The van der Waals surface area contributed by atoms with E-state index in [-0.39, 0.29) is 6.29 Å². The summed E-state index contributed by atoms with van der Waals surface area (Å²) in [5.41, 5.74) is 4.99. The normalized spacial score (nSPS) is 34.8. The molecule has 0 aromatic carbocycles. The lowest BCUT2D eigenvalue weighted by Crippen LogP contribution is -2.60. The van der Waals surface area contributed by atoms with E-state index < -0.39 is 73.9 Å². The zero-order valence-electron chi connectivity index (χ0n) is 13.6. The molecule has 11 nitrogen and oxygen atoms in total. The Morgan fingerprint density at radius 3 is 2.32 bits per heavy atom. The van der Waals surface area contributed by atoms with Gasteiger partial charge >= 0.3 is 0 Å². The van der Waals surface area contributed by atoms with Crippen LogP contribution in [0.15, 0.2) is 0 Å². The second kappa shape index (κ2) is 9.50. The van der Waals surface area contributed by atoms with Crippen molar-refractivity contribution >= 4 is 12.2 Å². The minimum absolute atomic E-state index is 0.245. The van der Waals surface area contributed by atoms with Crippen LogP contribution in [0.3, 0.4) is 0 Å². The van der Waals surface area contributed by atoms with E-state index in [0.29, 0.717) is 0 Å². The molecule has 9 atom stereocenters. The Morgan fingerprint density at radius 1 is 1.24 bits per heavy atom. The van der Waals surface area contributed by atoms with Crippen LogP contribution in [0.25, 0.3) is 0 Å². The second-order valence-electron chi connectivity index (χ2n) is 5.99. The largest absolute Gasteiger partial charge is 0.394 e. The molecule has 1 aliphatic rings. The fraction of sp³-hybridized carbons (Fsp3) is 0.857. The number of hydrogen-bond donors (Lipinski definition) is 7. The molecule has 0 spiro atoms. The second-order valence-corrected chi connectivity index (χ2v) is 5.99. The number of ether oxygens (including phenoxy) is 2. The van der Waals surface area contributed by atoms with Gasteiger partial charge in [-0.05, 0) is 6.92 Å². The average Bonchev–Trinajstić information content (AvgIpc) is 2.58. The number of aldehydes is 1. The van der Waals surface area contributed by atoms with Gasteiger partial charge in [-0.1, -0.05) is 0 Å². The van der Waals surface area contributed by atoms with Crippen molar-refractivity contribution in [2.24, 2.45) is 11.7 Å². The molecular weight excluding hydrogens is 342 g/mol. The summed E-state index contributed by atoms with van der Waals surface area (Å²) in [7, 11) is 0. The standard InChI is InChI=1S/C14H25NO10/c1-5-9(20)11(22)12(23)14(24-5)25-13(7(18)4-17)10(21)6(3-16)2-8(15)19/h3,5-7,9-14,17-18,20-23H,2,4H2,1H3,(H2,15,19)/t5-,6-,7-,9+,10-,11+,12-,13-,14+/m1/s1. The smallest absolute Gasteiger partial charge is 0.218 e. The van der Waals surface area contributed by atoms with Gasteiger partial charge in [-0.25, -0.2) is 0 Å². The molecule has 0 radical (unpaired) electrons. The average molecular weight is 367 g/mol. The summed E-state index contributed by atoms with van der Waals surface area (Å²) in [5.74, 6) is -2.22. The number of hydrogen-bond acceptors (Lipinski definition) is 10. The van der Waals surface area contributed by atoms with Gasteiger partial charge in [0.2, 0.25) is 5.91 Å². The van der Waals surface area contributed by atoms with Crippen molar-refractivity contribution in [1.82, 2.24) is 0 Å². The lowest BCUT2D eigenvalue weighted by atomic mass is 9.92. The molecule has 0 bridgehead atoms. The Labute approximate surface area is 143 Å². The number of aliphatic hydroxyl groups excluding tert-OH is 6. The third kappa shape index (κ3) is 5.39. The topological polar surface area (TPSA) is 200 Å². The number of rotatable bonds is 9. The van der Waals surface area contributed by atoms with E-state index in [0.717, 1.165) is 0 Å². The Hall–Kier alpha value is -1.18. The molecular formula is C14H25NO10. The van der Waals surface area contributed by atoms with Gasteiger partial charge < -0.3 is 50.6 Å². The lowest BCUT2D eigenvalue weighted by Gasteiger charge is -2.41. The van der Waals surface area contributed by atoms with Crippen LogP contribution >= 0.6 is 0 Å². The molecule has 1 amide bonds. The van der Waals surface area contributed by atoms with Crippen molar-refractivity contribution in [3.63, 3.8) is 0 Å². The van der Waals surface area contributed by atoms with Crippen LogP contribution in [0.5, 0.6) is 0 Å².